The predicted octanol–water partition coefficient (Wildman–Crippen LogP) is 2.09. The van der Waals surface area contributed by atoms with Gasteiger partial charge in [0.15, 0.2) is 0 Å². The molecule has 18 heavy (non-hydrogen) atoms. The van der Waals surface area contributed by atoms with E-state index in [-0.39, 0.29) is 29.1 Å². The van der Waals surface area contributed by atoms with Crippen LogP contribution in [0.1, 0.15) is 12.5 Å². The molecule has 0 spiro atoms. The third-order valence-corrected chi connectivity index (χ3v) is 2.85. The van der Waals surface area contributed by atoms with Crippen molar-refractivity contribution in [2.24, 2.45) is 11.7 Å². The van der Waals surface area contributed by atoms with Gasteiger partial charge < -0.3 is 11.1 Å². The van der Waals surface area contributed by atoms with Crippen molar-refractivity contribution in [2.75, 3.05) is 11.9 Å². The van der Waals surface area contributed by atoms with Crippen LogP contribution in [0.25, 0.3) is 0 Å². The Labute approximate surface area is 109 Å². The first-order valence-corrected chi connectivity index (χ1v) is 5.70. The molecule has 0 aromatic heterocycles. The van der Waals surface area contributed by atoms with Gasteiger partial charge in [-0.1, -0.05) is 18.5 Å². The largest absolute Gasteiger partial charge is 0.330 e. The van der Waals surface area contributed by atoms with Crippen molar-refractivity contribution in [3.05, 3.63) is 32.8 Å². The first-order chi connectivity index (χ1) is 8.36. The van der Waals surface area contributed by atoms with Gasteiger partial charge in [-0.2, -0.15) is 0 Å². The predicted molar refractivity (Wildman–Crippen MR) is 69.7 cm³/mol. The van der Waals surface area contributed by atoms with E-state index in [0.717, 1.165) is 0 Å². The SMILES string of the molecule is Cc1cc([N+](=O)[O-])c(Cl)cc1NC(=O)C(C)CN. The molecule has 3 N–H and O–H groups in total. The van der Waals surface area contributed by atoms with Gasteiger partial charge >= 0.3 is 0 Å². The Bertz CT molecular complexity index is 491. The number of nitrogens with two attached hydrogens (primary N) is 1. The summed E-state index contributed by atoms with van der Waals surface area (Å²) in [6.45, 7) is 3.58. The van der Waals surface area contributed by atoms with Crippen molar-refractivity contribution < 1.29 is 9.72 Å². The van der Waals surface area contributed by atoms with E-state index >= 15 is 0 Å². The number of carbonyl (C=O) groups excluding carboxylic acids is 1. The highest BCUT2D eigenvalue weighted by Crippen LogP contribution is 2.30. The summed E-state index contributed by atoms with van der Waals surface area (Å²) in [5.41, 5.74) is 6.23. The zero-order valence-electron chi connectivity index (χ0n) is 10.1. The number of hydrogen-bond donors (Lipinski definition) is 2. The first-order valence-electron chi connectivity index (χ1n) is 5.32. The van der Waals surface area contributed by atoms with E-state index in [1.807, 2.05) is 0 Å². The fourth-order valence-electron chi connectivity index (χ4n) is 1.30. The summed E-state index contributed by atoms with van der Waals surface area (Å²) in [5.74, 6) is -0.580. The highest BCUT2D eigenvalue weighted by atomic mass is 35.5. The normalized spacial score (nSPS) is 12.0. The van der Waals surface area contributed by atoms with Gasteiger partial charge in [0.25, 0.3) is 5.69 Å². The van der Waals surface area contributed by atoms with Crippen LogP contribution < -0.4 is 11.1 Å². The molecule has 0 saturated carbocycles. The van der Waals surface area contributed by atoms with E-state index in [9.17, 15) is 14.9 Å². The number of benzene rings is 1. The number of rotatable bonds is 4. The third kappa shape index (κ3) is 3.18. The second-order valence-electron chi connectivity index (χ2n) is 4.00. The minimum absolute atomic E-state index is 0.0127. The number of amides is 1. The molecule has 0 saturated heterocycles. The number of nitro benzene ring substituents is 1. The fraction of sp³-hybridized carbons (Fsp3) is 0.364. The monoisotopic (exact) mass is 271 g/mol. The Kier molecular flexibility index (Phi) is 4.63. The zero-order valence-corrected chi connectivity index (χ0v) is 10.8. The van der Waals surface area contributed by atoms with E-state index in [0.29, 0.717) is 11.3 Å². The molecule has 1 aromatic carbocycles. The Hall–Kier alpha value is -1.66. The molecule has 0 fully saturated rings. The summed E-state index contributed by atoms with van der Waals surface area (Å²) < 4.78 is 0. The number of nitrogens with zero attached hydrogens (tertiary/aromatic N) is 1. The van der Waals surface area contributed by atoms with Gasteiger partial charge in [0, 0.05) is 24.2 Å². The highest BCUT2D eigenvalue weighted by Gasteiger charge is 2.17. The van der Waals surface area contributed by atoms with Crippen molar-refractivity contribution in [1.82, 2.24) is 0 Å². The van der Waals surface area contributed by atoms with Gasteiger partial charge in [-0.25, -0.2) is 0 Å². The van der Waals surface area contributed by atoms with Crippen LogP contribution in [0.3, 0.4) is 0 Å². The van der Waals surface area contributed by atoms with Crippen LogP contribution in [-0.4, -0.2) is 17.4 Å². The molecule has 1 aromatic rings. The number of anilines is 1. The van der Waals surface area contributed by atoms with Crippen molar-refractivity contribution in [3.63, 3.8) is 0 Å². The number of halogens is 1. The van der Waals surface area contributed by atoms with Crippen LogP contribution in [0.2, 0.25) is 5.02 Å². The number of aryl methyl sites for hydroxylation is 1. The van der Waals surface area contributed by atoms with E-state index in [1.165, 1.54) is 12.1 Å². The van der Waals surface area contributed by atoms with Gasteiger partial charge in [0.1, 0.15) is 5.02 Å². The molecular formula is C11H14ClN3O3. The minimum atomic E-state index is -0.566. The number of carbonyl (C=O) groups is 1. The van der Waals surface area contributed by atoms with Crippen LogP contribution in [0.4, 0.5) is 11.4 Å². The van der Waals surface area contributed by atoms with Crippen LogP contribution in [0.15, 0.2) is 12.1 Å². The molecular weight excluding hydrogens is 258 g/mol. The molecule has 98 valence electrons. The van der Waals surface area contributed by atoms with Gasteiger partial charge in [-0.15, -0.1) is 0 Å². The molecule has 1 rings (SSSR count). The summed E-state index contributed by atoms with van der Waals surface area (Å²) in [5, 5.41) is 13.3. The van der Waals surface area contributed by atoms with Crippen molar-refractivity contribution in [1.29, 1.82) is 0 Å². The topological polar surface area (TPSA) is 98.3 Å². The second-order valence-corrected chi connectivity index (χ2v) is 4.41. The van der Waals surface area contributed by atoms with E-state index in [2.05, 4.69) is 5.32 Å². The number of hydrogen-bond acceptors (Lipinski definition) is 4. The maximum Gasteiger partial charge on any atom is 0.288 e. The lowest BCUT2D eigenvalue weighted by Gasteiger charge is -2.12. The Morgan fingerprint density at radius 1 is 1.61 bits per heavy atom. The van der Waals surface area contributed by atoms with Crippen LogP contribution in [0, 0.1) is 23.0 Å². The van der Waals surface area contributed by atoms with E-state index < -0.39 is 4.92 Å². The molecule has 7 heteroatoms. The summed E-state index contributed by atoms with van der Waals surface area (Å²) >= 11 is 5.78. The van der Waals surface area contributed by atoms with Crippen molar-refractivity contribution >= 4 is 28.9 Å². The van der Waals surface area contributed by atoms with Gasteiger partial charge in [-0.3, -0.25) is 14.9 Å². The Morgan fingerprint density at radius 3 is 2.72 bits per heavy atom. The minimum Gasteiger partial charge on any atom is -0.330 e. The Morgan fingerprint density at radius 2 is 2.22 bits per heavy atom. The van der Waals surface area contributed by atoms with Crippen molar-refractivity contribution in [2.45, 2.75) is 13.8 Å². The standard InChI is InChI=1S/C11H14ClN3O3/c1-6-3-10(15(17)18)8(12)4-9(6)14-11(16)7(2)5-13/h3-4,7H,5,13H2,1-2H3,(H,14,16). The maximum absolute atomic E-state index is 11.7. The number of nitrogens with one attached hydrogen (secondary N) is 1. The average Bonchev–Trinajstić information content (AvgIpc) is 2.31. The lowest BCUT2D eigenvalue weighted by Crippen LogP contribution is -2.27. The summed E-state index contributed by atoms with van der Waals surface area (Å²) in [6, 6.07) is 2.70. The quantitative estimate of drug-likeness (QED) is 0.647. The third-order valence-electron chi connectivity index (χ3n) is 2.55. The molecule has 0 heterocycles. The summed E-state index contributed by atoms with van der Waals surface area (Å²) in [7, 11) is 0. The van der Waals surface area contributed by atoms with Gasteiger partial charge in [0.2, 0.25) is 5.91 Å². The smallest absolute Gasteiger partial charge is 0.288 e. The van der Waals surface area contributed by atoms with Gasteiger partial charge in [-0.05, 0) is 18.6 Å². The molecule has 1 atom stereocenters. The van der Waals surface area contributed by atoms with Gasteiger partial charge in [0.05, 0.1) is 4.92 Å². The zero-order chi connectivity index (χ0) is 13.9. The van der Waals surface area contributed by atoms with Crippen molar-refractivity contribution in [3.8, 4) is 0 Å². The number of nitro groups is 1. The Balaban J connectivity index is 3.02. The van der Waals surface area contributed by atoms with Crippen LogP contribution in [-0.2, 0) is 4.79 Å². The highest BCUT2D eigenvalue weighted by molar-refractivity contribution is 6.33. The second kappa shape index (κ2) is 5.79. The lowest BCUT2D eigenvalue weighted by atomic mass is 10.1. The molecule has 1 amide bonds. The molecule has 6 nitrogen and oxygen atoms in total. The van der Waals surface area contributed by atoms with Crippen LogP contribution >= 0.6 is 11.6 Å². The first kappa shape index (κ1) is 14.4. The summed E-state index contributed by atoms with van der Waals surface area (Å²) in [4.78, 5) is 21.8. The van der Waals surface area contributed by atoms with E-state index in [4.69, 9.17) is 17.3 Å². The molecule has 0 aliphatic carbocycles. The molecule has 0 aliphatic rings. The molecule has 0 aliphatic heterocycles. The molecule has 0 radical (unpaired) electrons. The molecule has 0 bridgehead atoms. The fourth-order valence-corrected chi connectivity index (χ4v) is 1.54. The lowest BCUT2D eigenvalue weighted by molar-refractivity contribution is -0.384. The average molecular weight is 272 g/mol. The summed E-state index contributed by atoms with van der Waals surface area (Å²) in [6.07, 6.45) is 0. The van der Waals surface area contributed by atoms with Crippen LogP contribution in [0.5, 0.6) is 0 Å². The molecule has 1 unspecified atom stereocenters. The van der Waals surface area contributed by atoms with E-state index in [1.54, 1.807) is 13.8 Å². The maximum atomic E-state index is 11.7.